The second-order valence-electron chi connectivity index (χ2n) is 4.42. The van der Waals surface area contributed by atoms with Gasteiger partial charge in [-0.05, 0) is 30.9 Å². The summed E-state index contributed by atoms with van der Waals surface area (Å²) in [7, 11) is 0. The van der Waals surface area contributed by atoms with Gasteiger partial charge in [0.15, 0.2) is 0 Å². The number of hydrogen-bond donors (Lipinski definition) is 0. The first-order chi connectivity index (χ1) is 7.74. The minimum absolute atomic E-state index is 0.248. The van der Waals surface area contributed by atoms with E-state index in [1.165, 1.54) is 0 Å². The van der Waals surface area contributed by atoms with E-state index in [2.05, 4.69) is 11.1 Å². The first kappa shape index (κ1) is 11.3. The molecule has 86 valence electrons. The van der Waals surface area contributed by atoms with Gasteiger partial charge in [0.1, 0.15) is 5.78 Å². The Kier molecular flexibility index (Phi) is 3.67. The van der Waals surface area contributed by atoms with Crippen molar-refractivity contribution in [2.45, 2.75) is 45.3 Å². The van der Waals surface area contributed by atoms with Crippen LogP contribution in [0.1, 0.15) is 36.8 Å². The number of nitrogens with zero attached hydrogens (tertiary/aromatic N) is 1. The highest BCUT2D eigenvalue weighted by Gasteiger charge is 2.18. The lowest BCUT2D eigenvalue weighted by Gasteiger charge is -2.21. The molecular formula is C13H17NO2. The first-order valence-corrected chi connectivity index (χ1v) is 5.78. The van der Waals surface area contributed by atoms with E-state index in [1.54, 1.807) is 0 Å². The van der Waals surface area contributed by atoms with Crippen LogP contribution in [-0.4, -0.2) is 16.9 Å². The second kappa shape index (κ2) is 5.21. The summed E-state index contributed by atoms with van der Waals surface area (Å²) in [5.74, 6) is 0.372. The topological polar surface area (TPSA) is 39.2 Å². The molecule has 0 bridgehead atoms. The highest BCUT2D eigenvalue weighted by Crippen LogP contribution is 2.19. The van der Waals surface area contributed by atoms with Crippen LogP contribution in [0.4, 0.5) is 0 Å². The highest BCUT2D eigenvalue weighted by atomic mass is 16.5. The molecule has 0 unspecified atom stereocenters. The Labute approximate surface area is 95.8 Å². The molecule has 0 atom stereocenters. The fourth-order valence-electron chi connectivity index (χ4n) is 1.99. The minimum Gasteiger partial charge on any atom is -0.373 e. The fourth-order valence-corrected chi connectivity index (χ4v) is 1.99. The third kappa shape index (κ3) is 3.14. The van der Waals surface area contributed by atoms with Crippen molar-refractivity contribution in [2.24, 2.45) is 0 Å². The van der Waals surface area contributed by atoms with Crippen LogP contribution in [0.2, 0.25) is 0 Å². The van der Waals surface area contributed by atoms with Gasteiger partial charge >= 0.3 is 0 Å². The number of hydrogen-bond acceptors (Lipinski definition) is 3. The Morgan fingerprint density at radius 2 is 2.12 bits per heavy atom. The molecule has 0 aliphatic heterocycles. The van der Waals surface area contributed by atoms with Crippen LogP contribution in [0.3, 0.4) is 0 Å². The number of carbonyl (C=O) groups is 1. The summed E-state index contributed by atoms with van der Waals surface area (Å²) in [4.78, 5) is 15.2. The molecule has 0 N–H and O–H groups in total. The van der Waals surface area contributed by atoms with E-state index in [9.17, 15) is 4.79 Å². The molecule has 0 aromatic carbocycles. The van der Waals surface area contributed by atoms with Gasteiger partial charge in [0.2, 0.25) is 0 Å². The lowest BCUT2D eigenvalue weighted by molar-refractivity contribution is -0.123. The molecule has 0 saturated heterocycles. The van der Waals surface area contributed by atoms with E-state index in [0.717, 1.165) is 24.0 Å². The molecule has 1 saturated carbocycles. The predicted octanol–water partition coefficient (Wildman–Crippen LogP) is 2.42. The number of ether oxygens (including phenoxy) is 1. The van der Waals surface area contributed by atoms with E-state index in [1.807, 2.05) is 19.3 Å². The van der Waals surface area contributed by atoms with Crippen molar-refractivity contribution in [3.8, 4) is 0 Å². The van der Waals surface area contributed by atoms with E-state index in [-0.39, 0.29) is 6.10 Å². The molecule has 1 aliphatic rings. The monoisotopic (exact) mass is 219 g/mol. The molecule has 1 heterocycles. The zero-order chi connectivity index (χ0) is 11.4. The van der Waals surface area contributed by atoms with Crippen LogP contribution in [0.5, 0.6) is 0 Å². The van der Waals surface area contributed by atoms with Crippen molar-refractivity contribution in [2.75, 3.05) is 0 Å². The van der Waals surface area contributed by atoms with Crippen LogP contribution >= 0.6 is 0 Å². The summed E-state index contributed by atoms with van der Waals surface area (Å²) in [6.07, 6.45) is 7.02. The van der Waals surface area contributed by atoms with Gasteiger partial charge in [0, 0.05) is 25.2 Å². The van der Waals surface area contributed by atoms with Crippen molar-refractivity contribution >= 4 is 5.78 Å². The summed E-state index contributed by atoms with van der Waals surface area (Å²) in [5.41, 5.74) is 2.26. The van der Waals surface area contributed by atoms with Crippen LogP contribution in [-0.2, 0) is 16.1 Å². The minimum atomic E-state index is 0.248. The number of aryl methyl sites for hydroxylation is 1. The maximum Gasteiger partial charge on any atom is 0.133 e. The Morgan fingerprint density at radius 3 is 2.81 bits per heavy atom. The number of aromatic nitrogens is 1. The molecule has 1 aliphatic carbocycles. The summed E-state index contributed by atoms with van der Waals surface area (Å²) >= 11 is 0. The van der Waals surface area contributed by atoms with Crippen LogP contribution in [0.25, 0.3) is 0 Å². The Hall–Kier alpha value is -1.22. The van der Waals surface area contributed by atoms with Crippen molar-refractivity contribution in [3.63, 3.8) is 0 Å². The van der Waals surface area contributed by atoms with Crippen LogP contribution < -0.4 is 0 Å². The number of rotatable bonds is 3. The molecule has 2 rings (SSSR count). The quantitative estimate of drug-likeness (QED) is 0.783. The SMILES string of the molecule is Cc1cncc(COC2CCC(=O)CC2)c1. The first-order valence-electron chi connectivity index (χ1n) is 5.78. The molecule has 3 nitrogen and oxygen atoms in total. The molecule has 3 heteroatoms. The maximum atomic E-state index is 11.1. The smallest absolute Gasteiger partial charge is 0.133 e. The van der Waals surface area contributed by atoms with Crippen molar-refractivity contribution in [1.82, 2.24) is 4.98 Å². The molecule has 16 heavy (non-hydrogen) atoms. The Balaban J connectivity index is 1.81. The van der Waals surface area contributed by atoms with Gasteiger partial charge < -0.3 is 4.74 Å². The standard InChI is InChI=1S/C13H17NO2/c1-10-6-11(8-14-7-10)9-16-13-4-2-12(15)3-5-13/h6-8,13H,2-5,9H2,1H3. The lowest BCUT2D eigenvalue weighted by atomic mass is 9.96. The number of pyridine rings is 1. The summed E-state index contributed by atoms with van der Waals surface area (Å²) < 4.78 is 5.78. The number of carbonyl (C=O) groups excluding carboxylic acids is 1. The summed E-state index contributed by atoms with van der Waals surface area (Å²) in [6.45, 7) is 2.63. The zero-order valence-corrected chi connectivity index (χ0v) is 9.61. The Bertz CT molecular complexity index is 366. The molecule has 1 fully saturated rings. The Morgan fingerprint density at radius 1 is 1.38 bits per heavy atom. The van der Waals surface area contributed by atoms with Gasteiger partial charge in [-0.2, -0.15) is 0 Å². The van der Waals surface area contributed by atoms with E-state index >= 15 is 0 Å². The van der Waals surface area contributed by atoms with Crippen molar-refractivity contribution in [3.05, 3.63) is 29.6 Å². The second-order valence-corrected chi connectivity index (χ2v) is 4.42. The van der Waals surface area contributed by atoms with E-state index in [4.69, 9.17) is 4.74 Å². The van der Waals surface area contributed by atoms with Crippen LogP contribution in [0.15, 0.2) is 18.5 Å². The molecular weight excluding hydrogens is 202 g/mol. The van der Waals surface area contributed by atoms with Crippen molar-refractivity contribution in [1.29, 1.82) is 0 Å². The van der Waals surface area contributed by atoms with Gasteiger partial charge in [0.05, 0.1) is 12.7 Å². The average Bonchev–Trinajstić information content (AvgIpc) is 2.28. The lowest BCUT2D eigenvalue weighted by Crippen LogP contribution is -2.21. The molecule has 0 spiro atoms. The molecule has 0 radical (unpaired) electrons. The predicted molar refractivity (Wildman–Crippen MR) is 61.0 cm³/mol. The third-order valence-corrected chi connectivity index (χ3v) is 2.91. The normalized spacial score (nSPS) is 17.7. The highest BCUT2D eigenvalue weighted by molar-refractivity contribution is 5.79. The largest absolute Gasteiger partial charge is 0.373 e. The van der Waals surface area contributed by atoms with Gasteiger partial charge in [-0.25, -0.2) is 0 Å². The van der Waals surface area contributed by atoms with Crippen LogP contribution in [0, 0.1) is 6.92 Å². The van der Waals surface area contributed by atoms with E-state index in [0.29, 0.717) is 25.2 Å². The zero-order valence-electron chi connectivity index (χ0n) is 9.61. The third-order valence-electron chi connectivity index (χ3n) is 2.91. The molecule has 1 aromatic heterocycles. The van der Waals surface area contributed by atoms with Gasteiger partial charge in [0.25, 0.3) is 0 Å². The summed E-state index contributed by atoms with van der Waals surface area (Å²) in [5, 5.41) is 0. The van der Waals surface area contributed by atoms with Gasteiger partial charge in [-0.15, -0.1) is 0 Å². The molecule has 0 amide bonds. The number of ketones is 1. The van der Waals surface area contributed by atoms with Crippen molar-refractivity contribution < 1.29 is 9.53 Å². The summed E-state index contributed by atoms with van der Waals surface area (Å²) in [6, 6.07) is 2.08. The average molecular weight is 219 g/mol. The van der Waals surface area contributed by atoms with Gasteiger partial charge in [-0.3, -0.25) is 9.78 Å². The fraction of sp³-hybridized carbons (Fsp3) is 0.538. The number of Topliss-reactive ketones (excluding diaryl/α,β-unsaturated/α-hetero) is 1. The molecule has 1 aromatic rings. The van der Waals surface area contributed by atoms with E-state index < -0.39 is 0 Å². The maximum absolute atomic E-state index is 11.1. The van der Waals surface area contributed by atoms with Gasteiger partial charge in [-0.1, -0.05) is 6.07 Å².